The van der Waals surface area contributed by atoms with Gasteiger partial charge in [-0.3, -0.25) is 0 Å². The molecule has 4 aromatic rings. The van der Waals surface area contributed by atoms with Crippen LogP contribution in [0.3, 0.4) is 0 Å². The fourth-order valence-electron chi connectivity index (χ4n) is 4.98. The minimum Gasteiger partial charge on any atom is -0.377 e. The molecular weight excluding hydrogens is 408 g/mol. The lowest BCUT2D eigenvalue weighted by Gasteiger charge is -2.38. The summed E-state index contributed by atoms with van der Waals surface area (Å²) in [5.41, 5.74) is 6.56. The summed E-state index contributed by atoms with van der Waals surface area (Å²) in [5, 5.41) is 10.4. The minimum atomic E-state index is 0.215. The highest BCUT2D eigenvalue weighted by molar-refractivity contribution is 9.10. The summed E-state index contributed by atoms with van der Waals surface area (Å²) >= 11 is 3.65. The zero-order chi connectivity index (χ0) is 18.7. The topological polar surface area (TPSA) is 24.1 Å². The third-order valence-electron chi connectivity index (χ3n) is 6.15. The van der Waals surface area contributed by atoms with Crippen LogP contribution in [0.25, 0.3) is 10.8 Å². The molecule has 0 unspecified atom stereocenters. The van der Waals surface area contributed by atoms with Crippen molar-refractivity contribution in [1.29, 1.82) is 0 Å². The molecule has 3 heteroatoms. The van der Waals surface area contributed by atoms with Crippen LogP contribution in [0.5, 0.6) is 0 Å². The Labute approximate surface area is 172 Å². The Kier molecular flexibility index (Phi) is 3.54. The molecule has 2 heterocycles. The summed E-state index contributed by atoms with van der Waals surface area (Å²) in [6, 6.07) is 31.1. The van der Waals surface area contributed by atoms with Crippen molar-refractivity contribution in [3.05, 3.63) is 106 Å². The molecule has 0 radical (unpaired) electrons. The van der Waals surface area contributed by atoms with E-state index in [0.717, 1.165) is 4.47 Å². The molecule has 0 fully saturated rings. The second kappa shape index (κ2) is 6.11. The lowest BCUT2D eigenvalue weighted by molar-refractivity contribution is 0.523. The van der Waals surface area contributed by atoms with Gasteiger partial charge in [-0.15, -0.1) is 0 Å². The predicted octanol–water partition coefficient (Wildman–Crippen LogP) is 7.02. The third-order valence-corrected chi connectivity index (χ3v) is 6.64. The van der Waals surface area contributed by atoms with E-state index in [1.54, 1.807) is 0 Å². The molecule has 3 atom stereocenters. The zero-order valence-corrected chi connectivity index (χ0v) is 16.8. The summed E-state index contributed by atoms with van der Waals surface area (Å²) in [5.74, 6) is 0.337. The van der Waals surface area contributed by atoms with E-state index in [-0.39, 0.29) is 12.1 Å². The van der Waals surface area contributed by atoms with E-state index in [1.807, 2.05) is 0 Å². The highest BCUT2D eigenvalue weighted by Gasteiger charge is 2.44. The van der Waals surface area contributed by atoms with Gasteiger partial charge in [-0.1, -0.05) is 76.6 Å². The van der Waals surface area contributed by atoms with E-state index in [2.05, 4.69) is 111 Å². The highest BCUT2D eigenvalue weighted by Crippen LogP contribution is 2.56. The number of benzene rings is 4. The van der Waals surface area contributed by atoms with Crippen molar-refractivity contribution in [1.82, 2.24) is 0 Å². The summed E-state index contributed by atoms with van der Waals surface area (Å²) in [7, 11) is 0. The highest BCUT2D eigenvalue weighted by atomic mass is 79.9. The van der Waals surface area contributed by atoms with E-state index in [9.17, 15) is 0 Å². The maximum Gasteiger partial charge on any atom is 0.0632 e. The summed E-state index contributed by atoms with van der Waals surface area (Å²) in [6.45, 7) is 0. The van der Waals surface area contributed by atoms with Crippen molar-refractivity contribution >= 4 is 38.1 Å². The van der Waals surface area contributed by atoms with Gasteiger partial charge >= 0.3 is 0 Å². The number of para-hydroxylation sites is 1. The first-order chi connectivity index (χ1) is 13.8. The van der Waals surface area contributed by atoms with Crippen molar-refractivity contribution in [3.8, 4) is 0 Å². The molecule has 0 bridgehead atoms. The Morgan fingerprint density at radius 2 is 1.50 bits per heavy atom. The smallest absolute Gasteiger partial charge is 0.0632 e. The van der Waals surface area contributed by atoms with E-state index >= 15 is 0 Å². The van der Waals surface area contributed by atoms with Gasteiger partial charge in [-0.25, -0.2) is 0 Å². The van der Waals surface area contributed by atoms with Gasteiger partial charge in [0.1, 0.15) is 0 Å². The van der Waals surface area contributed by atoms with Crippen molar-refractivity contribution in [2.75, 3.05) is 10.6 Å². The Morgan fingerprint density at radius 3 is 2.43 bits per heavy atom. The van der Waals surface area contributed by atoms with Crippen LogP contribution in [0.2, 0.25) is 0 Å². The summed E-state index contributed by atoms with van der Waals surface area (Å²) in [6.07, 6.45) is 0. The van der Waals surface area contributed by atoms with Gasteiger partial charge in [-0.05, 0) is 46.2 Å². The first kappa shape index (κ1) is 16.2. The van der Waals surface area contributed by atoms with Gasteiger partial charge in [0.2, 0.25) is 0 Å². The monoisotopic (exact) mass is 426 g/mol. The van der Waals surface area contributed by atoms with E-state index in [4.69, 9.17) is 0 Å². The molecule has 2 aliphatic rings. The van der Waals surface area contributed by atoms with Crippen LogP contribution < -0.4 is 10.6 Å². The zero-order valence-electron chi connectivity index (χ0n) is 15.2. The predicted molar refractivity (Wildman–Crippen MR) is 120 cm³/mol. The van der Waals surface area contributed by atoms with Crippen LogP contribution >= 0.6 is 15.9 Å². The van der Waals surface area contributed by atoms with Gasteiger partial charge in [0, 0.05) is 27.3 Å². The lowest BCUT2D eigenvalue weighted by atomic mass is 9.77. The molecule has 0 amide bonds. The second-order valence-corrected chi connectivity index (χ2v) is 8.58. The van der Waals surface area contributed by atoms with E-state index in [0.29, 0.717) is 5.92 Å². The first-order valence-corrected chi connectivity index (χ1v) is 10.5. The molecule has 136 valence electrons. The standard InChI is InChI=1S/C25H19BrN2/c26-17-8-5-7-16(14-17)24-23-19-10-3-4-11-20(19)27-25(23)22-18-9-2-1-6-15(18)12-13-21(22)28-24/h1-14,23-25,27-28H/t23-,24-,25+/m1/s1. The van der Waals surface area contributed by atoms with Crippen LogP contribution in [-0.4, -0.2) is 0 Å². The van der Waals surface area contributed by atoms with E-state index in [1.165, 1.54) is 38.8 Å². The Hall–Kier alpha value is -2.78. The number of hydrogen-bond acceptors (Lipinski definition) is 2. The summed E-state index contributed by atoms with van der Waals surface area (Å²) < 4.78 is 1.12. The number of fused-ring (bicyclic) bond motifs is 7. The molecule has 4 aromatic carbocycles. The van der Waals surface area contributed by atoms with Crippen molar-refractivity contribution in [3.63, 3.8) is 0 Å². The number of hydrogen-bond donors (Lipinski definition) is 2. The Morgan fingerprint density at radius 1 is 0.679 bits per heavy atom. The number of rotatable bonds is 1. The van der Waals surface area contributed by atoms with Crippen LogP contribution in [0.1, 0.15) is 34.7 Å². The molecule has 2 aliphatic heterocycles. The minimum absolute atomic E-state index is 0.215. The number of anilines is 2. The lowest BCUT2D eigenvalue weighted by Crippen LogP contribution is -2.30. The molecule has 6 rings (SSSR count). The molecule has 0 aliphatic carbocycles. The molecule has 0 saturated heterocycles. The molecule has 0 saturated carbocycles. The van der Waals surface area contributed by atoms with Gasteiger partial charge in [0.15, 0.2) is 0 Å². The van der Waals surface area contributed by atoms with Crippen LogP contribution in [0.4, 0.5) is 11.4 Å². The molecule has 2 N–H and O–H groups in total. The van der Waals surface area contributed by atoms with Crippen LogP contribution in [0, 0.1) is 0 Å². The number of nitrogens with one attached hydrogen (secondary N) is 2. The summed E-state index contributed by atoms with van der Waals surface area (Å²) in [4.78, 5) is 0. The number of halogens is 1. The molecule has 0 spiro atoms. The molecule has 2 nitrogen and oxygen atoms in total. The maximum atomic E-state index is 3.88. The quantitative estimate of drug-likeness (QED) is 0.341. The second-order valence-electron chi connectivity index (χ2n) is 7.66. The third kappa shape index (κ3) is 2.33. The van der Waals surface area contributed by atoms with Crippen molar-refractivity contribution in [2.24, 2.45) is 0 Å². The normalized spacial score (nSPS) is 22.0. The van der Waals surface area contributed by atoms with E-state index < -0.39 is 0 Å². The molecule has 0 aromatic heterocycles. The van der Waals surface area contributed by atoms with Gasteiger partial charge in [0.05, 0.1) is 12.1 Å². The first-order valence-electron chi connectivity index (χ1n) is 9.69. The Balaban J connectivity index is 1.61. The molecule has 28 heavy (non-hydrogen) atoms. The fourth-order valence-corrected chi connectivity index (χ4v) is 5.40. The largest absolute Gasteiger partial charge is 0.377 e. The van der Waals surface area contributed by atoms with Crippen molar-refractivity contribution in [2.45, 2.75) is 18.0 Å². The average molecular weight is 427 g/mol. The fraction of sp³-hybridized carbons (Fsp3) is 0.120. The van der Waals surface area contributed by atoms with Crippen LogP contribution in [0.15, 0.2) is 89.4 Å². The molecular formula is C25H19BrN2. The average Bonchev–Trinajstić information content (AvgIpc) is 3.12. The maximum absolute atomic E-state index is 3.88. The van der Waals surface area contributed by atoms with Gasteiger partial charge in [0.25, 0.3) is 0 Å². The van der Waals surface area contributed by atoms with Gasteiger partial charge < -0.3 is 10.6 Å². The van der Waals surface area contributed by atoms with Gasteiger partial charge in [-0.2, -0.15) is 0 Å². The van der Waals surface area contributed by atoms with Crippen molar-refractivity contribution < 1.29 is 0 Å². The Bertz CT molecular complexity index is 1220. The van der Waals surface area contributed by atoms with Crippen LogP contribution in [-0.2, 0) is 0 Å². The SMILES string of the molecule is Brc1cccc([C@H]2Nc3ccc4ccccc4c3[C@@H]3Nc4ccccc4[C@H]23)c1.